The van der Waals surface area contributed by atoms with Crippen LogP contribution in [0.3, 0.4) is 0 Å². The third-order valence-corrected chi connectivity index (χ3v) is 3.78. The van der Waals surface area contributed by atoms with Crippen molar-refractivity contribution in [2.45, 2.75) is 19.8 Å². The second-order valence-corrected chi connectivity index (χ2v) is 5.39. The molecule has 1 aromatic carbocycles. The summed E-state index contributed by atoms with van der Waals surface area (Å²) in [6, 6.07) is 7.88. The lowest BCUT2D eigenvalue weighted by molar-refractivity contribution is 0.328. The number of halogens is 1. The van der Waals surface area contributed by atoms with Crippen molar-refractivity contribution in [2.75, 3.05) is 31.6 Å². The molecule has 1 aromatic heterocycles. The Labute approximate surface area is 137 Å². The second-order valence-electron chi connectivity index (χ2n) is 5.39. The monoisotopic (exact) mass is 322 g/mol. The largest absolute Gasteiger partial charge is 0.475 e. The maximum Gasteiger partial charge on any atom is 0.258 e. The summed E-state index contributed by atoms with van der Waals surface area (Å²) in [4.78, 5) is 9.22. The van der Waals surface area contributed by atoms with Gasteiger partial charge in [-0.3, -0.25) is 0 Å². The number of para-hydroxylation sites is 2. The first-order valence-electron chi connectivity index (χ1n) is 7.71. The lowest BCUT2D eigenvalue weighted by Gasteiger charge is -2.23. The number of nitrogens with zero attached hydrogens (tertiary/aromatic N) is 2. The fourth-order valence-corrected chi connectivity index (χ4v) is 2.68. The van der Waals surface area contributed by atoms with Crippen molar-refractivity contribution < 1.29 is 4.74 Å². The summed E-state index contributed by atoms with van der Waals surface area (Å²) >= 11 is 0. The zero-order chi connectivity index (χ0) is 14.5. The Morgan fingerprint density at radius 1 is 1.27 bits per heavy atom. The average Bonchev–Trinajstić information content (AvgIpc) is 2.54. The summed E-state index contributed by atoms with van der Waals surface area (Å²) in [6.07, 6.45) is 2.50. The molecule has 22 heavy (non-hydrogen) atoms. The number of piperidine rings is 1. The maximum absolute atomic E-state index is 5.63. The van der Waals surface area contributed by atoms with Crippen molar-refractivity contribution in [1.29, 1.82) is 0 Å². The van der Waals surface area contributed by atoms with E-state index in [1.54, 1.807) is 0 Å². The highest BCUT2D eigenvalue weighted by atomic mass is 35.5. The number of anilines is 1. The Morgan fingerprint density at radius 2 is 2.05 bits per heavy atom. The van der Waals surface area contributed by atoms with Gasteiger partial charge in [0.2, 0.25) is 0 Å². The number of hydrogen-bond acceptors (Lipinski definition) is 5. The molecule has 2 aromatic rings. The van der Waals surface area contributed by atoms with Crippen LogP contribution in [0.1, 0.15) is 19.8 Å². The first-order valence-corrected chi connectivity index (χ1v) is 7.71. The van der Waals surface area contributed by atoms with Gasteiger partial charge in [0.05, 0.1) is 17.6 Å². The highest BCUT2D eigenvalue weighted by Crippen LogP contribution is 2.24. The SMILES string of the molecule is CCOc1nc2ccccc2nc1NCC1CCCNC1.Cl. The van der Waals surface area contributed by atoms with E-state index in [2.05, 4.69) is 20.6 Å². The van der Waals surface area contributed by atoms with E-state index in [1.165, 1.54) is 12.8 Å². The minimum Gasteiger partial charge on any atom is -0.475 e. The van der Waals surface area contributed by atoms with E-state index in [-0.39, 0.29) is 12.4 Å². The van der Waals surface area contributed by atoms with Gasteiger partial charge >= 0.3 is 0 Å². The maximum atomic E-state index is 5.63. The smallest absolute Gasteiger partial charge is 0.258 e. The molecule has 3 rings (SSSR count). The van der Waals surface area contributed by atoms with Crippen LogP contribution in [0.25, 0.3) is 11.0 Å². The number of nitrogens with one attached hydrogen (secondary N) is 2. The minimum absolute atomic E-state index is 0. The molecule has 2 heterocycles. The molecular formula is C16H23ClN4O. The highest BCUT2D eigenvalue weighted by molar-refractivity contribution is 5.85. The van der Waals surface area contributed by atoms with Gasteiger partial charge in [-0.05, 0) is 50.9 Å². The molecule has 0 bridgehead atoms. The lowest BCUT2D eigenvalue weighted by Crippen LogP contribution is -2.33. The van der Waals surface area contributed by atoms with E-state index >= 15 is 0 Å². The van der Waals surface area contributed by atoms with Crippen molar-refractivity contribution in [1.82, 2.24) is 15.3 Å². The van der Waals surface area contributed by atoms with Gasteiger partial charge in [0.15, 0.2) is 5.82 Å². The van der Waals surface area contributed by atoms with Gasteiger partial charge in [-0.15, -0.1) is 12.4 Å². The molecule has 5 nitrogen and oxygen atoms in total. The van der Waals surface area contributed by atoms with E-state index in [0.717, 1.165) is 36.5 Å². The predicted octanol–water partition coefficient (Wildman–Crippen LogP) is 2.86. The predicted molar refractivity (Wildman–Crippen MR) is 92.0 cm³/mol. The van der Waals surface area contributed by atoms with Crippen LogP contribution in [0.15, 0.2) is 24.3 Å². The summed E-state index contributed by atoms with van der Waals surface area (Å²) in [5.41, 5.74) is 1.76. The van der Waals surface area contributed by atoms with E-state index in [9.17, 15) is 0 Å². The van der Waals surface area contributed by atoms with E-state index in [0.29, 0.717) is 18.4 Å². The second kappa shape index (κ2) is 8.15. The molecule has 0 aliphatic carbocycles. The van der Waals surface area contributed by atoms with Crippen LogP contribution in [-0.2, 0) is 0 Å². The van der Waals surface area contributed by atoms with Crippen LogP contribution in [0.5, 0.6) is 5.88 Å². The summed E-state index contributed by atoms with van der Waals surface area (Å²) in [7, 11) is 0. The van der Waals surface area contributed by atoms with Gasteiger partial charge in [-0.2, -0.15) is 0 Å². The van der Waals surface area contributed by atoms with E-state index in [1.807, 2.05) is 31.2 Å². The fourth-order valence-electron chi connectivity index (χ4n) is 2.68. The molecule has 1 unspecified atom stereocenters. The summed E-state index contributed by atoms with van der Waals surface area (Å²) in [5, 5.41) is 6.85. The molecular weight excluding hydrogens is 300 g/mol. The van der Waals surface area contributed by atoms with Gasteiger partial charge in [0, 0.05) is 6.54 Å². The molecule has 1 saturated heterocycles. The van der Waals surface area contributed by atoms with Gasteiger partial charge < -0.3 is 15.4 Å². The van der Waals surface area contributed by atoms with Crippen molar-refractivity contribution in [3.63, 3.8) is 0 Å². The fraction of sp³-hybridized carbons (Fsp3) is 0.500. The molecule has 120 valence electrons. The molecule has 0 saturated carbocycles. The van der Waals surface area contributed by atoms with Crippen molar-refractivity contribution in [3.8, 4) is 5.88 Å². The summed E-state index contributed by atoms with van der Waals surface area (Å²) in [5.74, 6) is 1.99. The van der Waals surface area contributed by atoms with Crippen LogP contribution < -0.4 is 15.4 Å². The minimum atomic E-state index is 0. The van der Waals surface area contributed by atoms with E-state index in [4.69, 9.17) is 4.74 Å². The van der Waals surface area contributed by atoms with Crippen LogP contribution in [-0.4, -0.2) is 36.2 Å². The van der Waals surface area contributed by atoms with Gasteiger partial charge in [0.25, 0.3) is 5.88 Å². The van der Waals surface area contributed by atoms with Gasteiger partial charge in [-0.1, -0.05) is 12.1 Å². The third-order valence-electron chi connectivity index (χ3n) is 3.78. The average molecular weight is 323 g/mol. The first kappa shape index (κ1) is 16.8. The van der Waals surface area contributed by atoms with Crippen molar-refractivity contribution in [2.24, 2.45) is 5.92 Å². The van der Waals surface area contributed by atoms with E-state index < -0.39 is 0 Å². The molecule has 0 radical (unpaired) electrons. The quantitative estimate of drug-likeness (QED) is 0.886. The van der Waals surface area contributed by atoms with Crippen LogP contribution >= 0.6 is 12.4 Å². The number of ether oxygens (including phenoxy) is 1. The molecule has 1 atom stereocenters. The molecule has 1 aliphatic rings. The lowest BCUT2D eigenvalue weighted by atomic mass is 10.00. The third kappa shape index (κ3) is 3.99. The zero-order valence-corrected chi connectivity index (χ0v) is 13.7. The zero-order valence-electron chi connectivity index (χ0n) is 12.8. The Balaban J connectivity index is 0.00000176. The normalized spacial score (nSPS) is 17.8. The topological polar surface area (TPSA) is 59.1 Å². The van der Waals surface area contributed by atoms with Gasteiger partial charge in [-0.25, -0.2) is 9.97 Å². The highest BCUT2D eigenvalue weighted by Gasteiger charge is 2.15. The number of hydrogen-bond donors (Lipinski definition) is 2. The summed E-state index contributed by atoms with van der Waals surface area (Å²) < 4.78 is 5.63. The standard InChI is InChI=1S/C16H22N4O.ClH/c1-2-21-16-15(18-11-12-6-5-9-17-10-12)19-13-7-3-4-8-14(13)20-16;/h3-4,7-8,12,17H,2,5-6,9-11H2,1H3,(H,18,19);1H. The number of rotatable bonds is 5. The molecule has 0 amide bonds. The summed E-state index contributed by atoms with van der Waals surface area (Å²) in [6.45, 7) is 5.66. The first-order chi connectivity index (χ1) is 10.4. The van der Waals surface area contributed by atoms with Crippen molar-refractivity contribution in [3.05, 3.63) is 24.3 Å². The van der Waals surface area contributed by atoms with Crippen molar-refractivity contribution >= 4 is 29.3 Å². The molecule has 1 fully saturated rings. The Hall–Kier alpha value is -1.59. The van der Waals surface area contributed by atoms with Gasteiger partial charge in [0.1, 0.15) is 0 Å². The molecule has 6 heteroatoms. The molecule has 1 aliphatic heterocycles. The van der Waals surface area contributed by atoms with Crippen LogP contribution in [0, 0.1) is 5.92 Å². The number of fused-ring (bicyclic) bond motifs is 1. The Morgan fingerprint density at radius 3 is 2.73 bits per heavy atom. The molecule has 0 spiro atoms. The van der Waals surface area contributed by atoms with Crippen LogP contribution in [0.2, 0.25) is 0 Å². The Kier molecular flexibility index (Phi) is 6.21. The molecule has 2 N–H and O–H groups in total. The number of aromatic nitrogens is 2. The number of benzene rings is 1. The Bertz CT molecular complexity index is 602. The van der Waals surface area contributed by atoms with Crippen LogP contribution in [0.4, 0.5) is 5.82 Å².